The van der Waals surface area contributed by atoms with Crippen LogP contribution in [-0.4, -0.2) is 44.7 Å². The Balaban J connectivity index is 3.58. The summed E-state index contributed by atoms with van der Waals surface area (Å²) in [5.74, 6) is 0. The van der Waals surface area contributed by atoms with Crippen LogP contribution in [0, 0.1) is 0 Å². The van der Waals surface area contributed by atoms with Gasteiger partial charge in [-0.2, -0.15) is 0 Å². The average Bonchev–Trinajstić information content (AvgIpc) is 1.87. The maximum Gasteiger partial charge on any atom is 0.125 e. The summed E-state index contributed by atoms with van der Waals surface area (Å²) in [6.45, 7) is -0.223. The van der Waals surface area contributed by atoms with Crippen molar-refractivity contribution in [2.24, 2.45) is 0 Å². The summed E-state index contributed by atoms with van der Waals surface area (Å²) < 4.78 is 0. The summed E-state index contributed by atoms with van der Waals surface area (Å²) in [5.41, 5.74) is -1.26. The third-order valence-corrected chi connectivity index (χ3v) is 1.43. The monoisotopic (exact) mass is 168 g/mol. The summed E-state index contributed by atoms with van der Waals surface area (Å²) in [4.78, 5) is 0. The second kappa shape index (κ2) is 4.92. The van der Waals surface area contributed by atoms with Crippen LogP contribution in [0.1, 0.15) is 6.42 Å². The van der Waals surface area contributed by atoms with Gasteiger partial charge in [0.25, 0.3) is 0 Å². The maximum atomic E-state index is 8.87. The van der Waals surface area contributed by atoms with E-state index in [9.17, 15) is 0 Å². The smallest absolute Gasteiger partial charge is 0.125 e. The first-order valence-corrected chi connectivity index (χ1v) is 3.44. The minimum absolute atomic E-state index is 0.0405. The summed E-state index contributed by atoms with van der Waals surface area (Å²) in [6.07, 6.45) is -2.37. The largest absolute Gasteiger partial charge is 0.396 e. The molecule has 5 heteroatoms. The Morgan fingerprint density at radius 3 is 2.00 bits per heavy atom. The Morgan fingerprint density at radius 2 is 1.70 bits per heavy atom. The first-order valence-electron chi connectivity index (χ1n) is 2.92. The molecular formula is C5H12O4S. The van der Waals surface area contributed by atoms with Gasteiger partial charge in [0.1, 0.15) is 11.5 Å². The van der Waals surface area contributed by atoms with Crippen LogP contribution in [0.2, 0.25) is 0 Å². The van der Waals surface area contributed by atoms with Crippen LogP contribution in [-0.2, 0) is 0 Å². The molecular weight excluding hydrogens is 156 g/mol. The van der Waals surface area contributed by atoms with Gasteiger partial charge in [-0.25, -0.2) is 0 Å². The highest BCUT2D eigenvalue weighted by molar-refractivity contribution is 7.80. The number of hydrogen-bond donors (Lipinski definition) is 5. The van der Waals surface area contributed by atoms with E-state index in [4.69, 9.17) is 20.4 Å². The highest BCUT2D eigenvalue weighted by Crippen LogP contribution is 2.05. The summed E-state index contributed by atoms with van der Waals surface area (Å²) in [7, 11) is 0. The van der Waals surface area contributed by atoms with E-state index >= 15 is 0 Å². The molecule has 0 aliphatic rings. The van der Waals surface area contributed by atoms with Crippen molar-refractivity contribution in [3.05, 3.63) is 0 Å². The summed E-state index contributed by atoms with van der Waals surface area (Å²) in [5, 5.41) is 34.6. The van der Waals surface area contributed by atoms with E-state index in [1.165, 1.54) is 0 Å². The van der Waals surface area contributed by atoms with E-state index in [1.54, 1.807) is 0 Å². The third-order valence-electron chi connectivity index (χ3n) is 1.12. The predicted octanol–water partition coefficient (Wildman–Crippen LogP) is -1.66. The van der Waals surface area contributed by atoms with Crippen LogP contribution in [0.5, 0.6) is 0 Å². The predicted molar refractivity (Wildman–Crippen MR) is 38.7 cm³/mol. The molecule has 3 atom stereocenters. The molecule has 0 aromatic heterocycles. The van der Waals surface area contributed by atoms with Crippen LogP contribution in [0.15, 0.2) is 0 Å². The molecule has 10 heavy (non-hydrogen) atoms. The fourth-order valence-corrected chi connectivity index (χ4v) is 0.700. The Labute approximate surface area is 64.5 Å². The third kappa shape index (κ3) is 3.38. The van der Waals surface area contributed by atoms with Gasteiger partial charge in [0.2, 0.25) is 0 Å². The lowest BCUT2D eigenvalue weighted by Crippen LogP contribution is -2.34. The molecule has 4 N–H and O–H groups in total. The molecule has 0 aliphatic heterocycles. The van der Waals surface area contributed by atoms with Gasteiger partial charge in [0.05, 0.1) is 6.10 Å². The molecule has 4 nitrogen and oxygen atoms in total. The maximum absolute atomic E-state index is 8.87. The number of aliphatic hydroxyl groups is 4. The molecule has 0 fully saturated rings. The lowest BCUT2D eigenvalue weighted by Gasteiger charge is -2.18. The minimum Gasteiger partial charge on any atom is -0.396 e. The van der Waals surface area contributed by atoms with Gasteiger partial charge in [0.15, 0.2) is 0 Å². The van der Waals surface area contributed by atoms with E-state index < -0.39 is 17.6 Å². The Kier molecular flexibility index (Phi) is 5.02. The summed E-state index contributed by atoms with van der Waals surface area (Å²) in [6, 6.07) is 0. The zero-order chi connectivity index (χ0) is 8.15. The first-order chi connectivity index (χ1) is 4.59. The minimum atomic E-state index is -1.30. The zero-order valence-electron chi connectivity index (χ0n) is 5.38. The molecule has 0 rings (SSSR count). The van der Waals surface area contributed by atoms with Gasteiger partial charge < -0.3 is 20.4 Å². The SMILES string of the molecule is OCCC(O)C(O)C(O)S. The van der Waals surface area contributed by atoms with Crippen molar-refractivity contribution in [2.45, 2.75) is 24.1 Å². The Bertz CT molecular complexity index is 87.7. The average molecular weight is 168 g/mol. The number of hydrogen-bond acceptors (Lipinski definition) is 5. The van der Waals surface area contributed by atoms with Crippen LogP contribution in [0.3, 0.4) is 0 Å². The van der Waals surface area contributed by atoms with Crippen molar-refractivity contribution in [1.82, 2.24) is 0 Å². The molecule has 0 aromatic rings. The second-order valence-corrected chi connectivity index (χ2v) is 2.51. The van der Waals surface area contributed by atoms with Crippen molar-refractivity contribution in [2.75, 3.05) is 6.61 Å². The lowest BCUT2D eigenvalue weighted by atomic mass is 10.1. The van der Waals surface area contributed by atoms with Crippen LogP contribution in [0.4, 0.5) is 0 Å². The van der Waals surface area contributed by atoms with Gasteiger partial charge in [-0.1, -0.05) is 0 Å². The normalized spacial score (nSPS) is 20.1. The lowest BCUT2D eigenvalue weighted by molar-refractivity contribution is -0.0348. The quantitative estimate of drug-likeness (QED) is 0.257. The van der Waals surface area contributed by atoms with Gasteiger partial charge in [-0.3, -0.25) is 0 Å². The van der Waals surface area contributed by atoms with Gasteiger partial charge in [0, 0.05) is 6.61 Å². The van der Waals surface area contributed by atoms with Crippen molar-refractivity contribution in [1.29, 1.82) is 0 Å². The molecule has 0 aliphatic carbocycles. The molecule has 3 unspecified atom stereocenters. The molecule has 0 saturated carbocycles. The van der Waals surface area contributed by atoms with E-state index in [2.05, 4.69) is 12.6 Å². The standard InChI is InChI=1S/C5H12O4S/c6-2-1-3(7)4(8)5(9)10/h3-10H,1-2H2. The number of rotatable bonds is 4. The van der Waals surface area contributed by atoms with Crippen molar-refractivity contribution >= 4 is 12.6 Å². The number of aliphatic hydroxyl groups excluding tert-OH is 4. The van der Waals surface area contributed by atoms with Gasteiger partial charge in [-0.15, -0.1) is 12.6 Å². The highest BCUT2D eigenvalue weighted by atomic mass is 32.1. The van der Waals surface area contributed by atoms with Crippen molar-refractivity contribution in [3.8, 4) is 0 Å². The molecule has 62 valence electrons. The molecule has 0 heterocycles. The molecule has 0 saturated heterocycles. The highest BCUT2D eigenvalue weighted by Gasteiger charge is 2.20. The van der Waals surface area contributed by atoms with E-state index in [1.807, 2.05) is 0 Å². The van der Waals surface area contributed by atoms with Crippen molar-refractivity contribution in [3.63, 3.8) is 0 Å². The molecule has 0 radical (unpaired) electrons. The first kappa shape index (κ1) is 10.2. The van der Waals surface area contributed by atoms with Crippen LogP contribution >= 0.6 is 12.6 Å². The van der Waals surface area contributed by atoms with E-state index in [0.717, 1.165) is 0 Å². The van der Waals surface area contributed by atoms with E-state index in [-0.39, 0.29) is 13.0 Å². The van der Waals surface area contributed by atoms with Gasteiger partial charge in [-0.05, 0) is 6.42 Å². The zero-order valence-corrected chi connectivity index (χ0v) is 6.28. The molecule has 0 spiro atoms. The van der Waals surface area contributed by atoms with Crippen LogP contribution in [0.25, 0.3) is 0 Å². The Hall–Kier alpha value is 0.190. The van der Waals surface area contributed by atoms with Crippen LogP contribution < -0.4 is 0 Å². The second-order valence-electron chi connectivity index (χ2n) is 1.98. The van der Waals surface area contributed by atoms with Gasteiger partial charge >= 0.3 is 0 Å². The summed E-state index contributed by atoms with van der Waals surface area (Å²) >= 11 is 3.49. The molecule has 0 aromatic carbocycles. The van der Waals surface area contributed by atoms with Crippen molar-refractivity contribution < 1.29 is 20.4 Å². The fraction of sp³-hybridized carbons (Fsp3) is 1.00. The Morgan fingerprint density at radius 1 is 1.20 bits per heavy atom. The number of thiol groups is 1. The molecule has 0 amide bonds. The fourth-order valence-electron chi connectivity index (χ4n) is 0.502. The van der Waals surface area contributed by atoms with E-state index in [0.29, 0.717) is 0 Å². The molecule has 0 bridgehead atoms. The topological polar surface area (TPSA) is 80.9 Å².